The van der Waals surface area contributed by atoms with Gasteiger partial charge in [-0.1, -0.05) is 48.2 Å². The van der Waals surface area contributed by atoms with Crippen LogP contribution in [0.25, 0.3) is 22.4 Å². The Labute approximate surface area is 216 Å². The lowest BCUT2D eigenvalue weighted by Gasteiger charge is -2.16. The first-order valence-electron chi connectivity index (χ1n) is 11.6. The maximum Gasteiger partial charge on any atom is 0.237 e. The molecular weight excluding hydrogens is 466 g/mol. The number of amides is 1. The van der Waals surface area contributed by atoms with E-state index < -0.39 is 5.25 Å². The normalized spacial score (nSPS) is 11.4. The Hall–Kier alpha value is -4.08. The van der Waals surface area contributed by atoms with Crippen molar-refractivity contribution in [3.8, 4) is 34.2 Å². The summed E-state index contributed by atoms with van der Waals surface area (Å²) in [6, 6.07) is 27.5. The molecule has 0 aliphatic carbocycles. The zero-order chi connectivity index (χ0) is 25.7. The largest absolute Gasteiger partial charge is 0.497 e. The number of pyridine rings is 1. The van der Waals surface area contributed by atoms with E-state index in [-0.39, 0.29) is 5.91 Å². The van der Waals surface area contributed by atoms with Crippen molar-refractivity contribution in [3.05, 3.63) is 95.6 Å². The predicted molar refractivity (Wildman–Crippen MR) is 146 cm³/mol. The van der Waals surface area contributed by atoms with Gasteiger partial charge in [-0.05, 0) is 79.9 Å². The van der Waals surface area contributed by atoms with Crippen LogP contribution in [-0.4, -0.2) is 23.3 Å². The van der Waals surface area contributed by atoms with E-state index in [0.29, 0.717) is 10.6 Å². The molecule has 1 N–H and O–H groups in total. The molecule has 0 unspecified atom stereocenters. The number of methoxy groups -OCH3 is 1. The van der Waals surface area contributed by atoms with E-state index in [1.54, 1.807) is 7.11 Å². The first-order chi connectivity index (χ1) is 17.4. The van der Waals surface area contributed by atoms with Gasteiger partial charge < -0.3 is 10.1 Å². The third-order valence-electron chi connectivity index (χ3n) is 6.00. The summed E-state index contributed by atoms with van der Waals surface area (Å²) in [6.45, 7) is 5.88. The average Bonchev–Trinajstić information content (AvgIpc) is 2.90. The lowest BCUT2D eigenvalue weighted by Crippen LogP contribution is -2.22. The molecule has 1 heterocycles. The van der Waals surface area contributed by atoms with E-state index in [1.165, 1.54) is 17.3 Å². The minimum absolute atomic E-state index is 0.148. The fourth-order valence-corrected chi connectivity index (χ4v) is 4.68. The molecule has 36 heavy (non-hydrogen) atoms. The molecule has 180 valence electrons. The highest BCUT2D eigenvalue weighted by Gasteiger charge is 2.21. The maximum absolute atomic E-state index is 13.0. The van der Waals surface area contributed by atoms with Crippen molar-refractivity contribution in [1.82, 2.24) is 4.98 Å². The van der Waals surface area contributed by atoms with E-state index in [9.17, 15) is 10.1 Å². The Morgan fingerprint density at radius 1 is 0.972 bits per heavy atom. The Kier molecular flexibility index (Phi) is 7.72. The van der Waals surface area contributed by atoms with Crippen molar-refractivity contribution in [2.45, 2.75) is 31.0 Å². The van der Waals surface area contributed by atoms with Crippen LogP contribution in [0.4, 0.5) is 5.69 Å². The second-order valence-corrected chi connectivity index (χ2v) is 9.82. The minimum Gasteiger partial charge on any atom is -0.497 e. The first kappa shape index (κ1) is 25.0. The van der Waals surface area contributed by atoms with Crippen molar-refractivity contribution in [3.63, 3.8) is 0 Å². The van der Waals surface area contributed by atoms with Crippen LogP contribution < -0.4 is 10.1 Å². The van der Waals surface area contributed by atoms with Gasteiger partial charge >= 0.3 is 0 Å². The molecule has 0 saturated carbocycles. The van der Waals surface area contributed by atoms with Crippen molar-refractivity contribution in [1.29, 1.82) is 5.26 Å². The van der Waals surface area contributed by atoms with Crippen molar-refractivity contribution in [2.75, 3.05) is 12.4 Å². The van der Waals surface area contributed by atoms with E-state index in [4.69, 9.17) is 9.72 Å². The van der Waals surface area contributed by atoms with Gasteiger partial charge in [-0.15, -0.1) is 0 Å². The molecule has 0 saturated heterocycles. The van der Waals surface area contributed by atoms with Gasteiger partial charge in [0.15, 0.2) is 0 Å². The first-order valence-corrected chi connectivity index (χ1v) is 12.5. The SMILES string of the molecule is COc1ccc(-c2cc(-c3ccccc3)c(C#N)c(S[C@H](C)C(=O)Nc3ccc(C)c(C)c3)n2)cc1. The predicted octanol–water partition coefficient (Wildman–Crippen LogP) is 7.03. The number of hydrogen-bond donors (Lipinski definition) is 1. The van der Waals surface area contributed by atoms with Gasteiger partial charge in [-0.2, -0.15) is 5.26 Å². The number of nitrogens with zero attached hydrogens (tertiary/aromatic N) is 2. The number of anilines is 1. The van der Waals surface area contributed by atoms with Crippen molar-refractivity contribution in [2.24, 2.45) is 0 Å². The van der Waals surface area contributed by atoms with Crippen LogP contribution in [0, 0.1) is 25.2 Å². The van der Waals surface area contributed by atoms with Crippen LogP contribution in [0.5, 0.6) is 5.75 Å². The Balaban J connectivity index is 1.71. The van der Waals surface area contributed by atoms with Crippen molar-refractivity contribution >= 4 is 23.4 Å². The number of hydrogen-bond acceptors (Lipinski definition) is 5. The summed E-state index contributed by atoms with van der Waals surface area (Å²) in [6.07, 6.45) is 0. The quantitative estimate of drug-likeness (QED) is 0.280. The van der Waals surface area contributed by atoms with Crippen LogP contribution in [0.15, 0.2) is 83.9 Å². The van der Waals surface area contributed by atoms with Gasteiger partial charge in [0.25, 0.3) is 0 Å². The lowest BCUT2D eigenvalue weighted by atomic mass is 9.99. The number of carbonyl (C=O) groups is 1. The molecule has 0 bridgehead atoms. The van der Waals surface area contributed by atoms with Gasteiger partial charge in [0, 0.05) is 16.8 Å². The molecule has 4 aromatic rings. The molecule has 0 aliphatic rings. The van der Waals surface area contributed by atoms with Gasteiger partial charge in [0.05, 0.1) is 23.6 Å². The van der Waals surface area contributed by atoms with Crippen LogP contribution in [0.1, 0.15) is 23.6 Å². The number of aromatic nitrogens is 1. The molecule has 1 atom stereocenters. The minimum atomic E-state index is -0.471. The topological polar surface area (TPSA) is 75.0 Å². The zero-order valence-electron chi connectivity index (χ0n) is 20.7. The average molecular weight is 494 g/mol. The summed E-state index contributed by atoms with van der Waals surface area (Å²) in [5.74, 6) is 0.604. The highest BCUT2D eigenvalue weighted by Crippen LogP contribution is 2.36. The third kappa shape index (κ3) is 5.59. The number of rotatable bonds is 7. The molecule has 1 amide bonds. The molecule has 3 aromatic carbocycles. The van der Waals surface area contributed by atoms with Crippen LogP contribution in [0.2, 0.25) is 0 Å². The molecule has 6 heteroatoms. The summed E-state index contributed by atoms with van der Waals surface area (Å²) >= 11 is 1.28. The second kappa shape index (κ2) is 11.1. The van der Waals surface area contributed by atoms with Crippen molar-refractivity contribution < 1.29 is 9.53 Å². The summed E-state index contributed by atoms with van der Waals surface area (Å²) in [4.78, 5) is 17.9. The molecular formula is C30H27N3O2S. The second-order valence-electron chi connectivity index (χ2n) is 8.49. The van der Waals surface area contributed by atoms with Gasteiger partial charge in [0.1, 0.15) is 16.8 Å². The standard InChI is InChI=1S/C30H27N3O2S/c1-19-10-13-24(16-20(19)2)32-29(34)21(3)36-30-27(18-31)26(22-8-6-5-7-9-22)17-28(33-30)23-11-14-25(35-4)15-12-23/h5-17,21H,1-4H3,(H,32,34)/t21-/m1/s1. The smallest absolute Gasteiger partial charge is 0.237 e. The molecule has 1 aromatic heterocycles. The number of benzene rings is 3. The highest BCUT2D eigenvalue weighted by atomic mass is 32.2. The highest BCUT2D eigenvalue weighted by molar-refractivity contribution is 8.00. The monoisotopic (exact) mass is 493 g/mol. The molecule has 0 spiro atoms. The summed E-state index contributed by atoms with van der Waals surface area (Å²) in [5, 5.41) is 13.2. The lowest BCUT2D eigenvalue weighted by molar-refractivity contribution is -0.115. The van der Waals surface area contributed by atoms with Gasteiger partial charge in [-0.25, -0.2) is 4.98 Å². The third-order valence-corrected chi connectivity index (χ3v) is 7.09. The Morgan fingerprint density at radius 3 is 2.33 bits per heavy atom. The van der Waals surface area contributed by atoms with E-state index in [2.05, 4.69) is 11.4 Å². The molecule has 4 rings (SSSR count). The Morgan fingerprint density at radius 2 is 1.69 bits per heavy atom. The molecule has 0 fully saturated rings. The number of ether oxygens (including phenoxy) is 1. The summed E-state index contributed by atoms with van der Waals surface area (Å²) in [5.41, 5.74) is 6.80. The number of carbonyl (C=O) groups excluding carboxylic acids is 1. The zero-order valence-corrected chi connectivity index (χ0v) is 21.5. The molecule has 0 aliphatic heterocycles. The fourth-order valence-electron chi connectivity index (χ4n) is 3.75. The van der Waals surface area contributed by atoms with Gasteiger partial charge in [0.2, 0.25) is 5.91 Å². The van der Waals surface area contributed by atoms with Crippen LogP contribution >= 0.6 is 11.8 Å². The number of nitrogens with one attached hydrogen (secondary N) is 1. The maximum atomic E-state index is 13.0. The Bertz CT molecular complexity index is 1430. The van der Waals surface area contributed by atoms with Crippen LogP contribution in [0.3, 0.4) is 0 Å². The van der Waals surface area contributed by atoms with Crippen LogP contribution in [-0.2, 0) is 4.79 Å². The summed E-state index contributed by atoms with van der Waals surface area (Å²) in [7, 11) is 1.63. The van der Waals surface area contributed by atoms with Gasteiger partial charge in [-0.3, -0.25) is 4.79 Å². The van der Waals surface area contributed by atoms with E-state index in [1.807, 2.05) is 99.6 Å². The molecule has 5 nitrogen and oxygen atoms in total. The number of aryl methyl sites for hydroxylation is 2. The summed E-state index contributed by atoms with van der Waals surface area (Å²) < 4.78 is 5.29. The van der Waals surface area contributed by atoms with E-state index in [0.717, 1.165) is 39.4 Å². The number of thioether (sulfide) groups is 1. The fraction of sp³-hybridized carbons (Fsp3) is 0.167. The number of nitriles is 1. The molecule has 0 radical (unpaired) electrons. The van der Waals surface area contributed by atoms with E-state index >= 15 is 0 Å².